The van der Waals surface area contributed by atoms with Gasteiger partial charge in [-0.25, -0.2) is 0 Å². The summed E-state index contributed by atoms with van der Waals surface area (Å²) in [5, 5.41) is 12.1. The third kappa shape index (κ3) is 4.79. The average molecular weight is 333 g/mol. The van der Waals surface area contributed by atoms with Gasteiger partial charge in [0, 0.05) is 12.5 Å². The first-order chi connectivity index (χ1) is 11.2. The highest BCUT2D eigenvalue weighted by Crippen LogP contribution is 2.28. The Kier molecular flexibility index (Phi) is 6.10. The predicted molar refractivity (Wildman–Crippen MR) is 91.1 cm³/mol. The van der Waals surface area contributed by atoms with E-state index < -0.39 is 0 Å². The molecule has 0 bridgehead atoms. The van der Waals surface area contributed by atoms with Crippen LogP contribution in [0.15, 0.2) is 24.3 Å². The van der Waals surface area contributed by atoms with Crippen LogP contribution in [0.25, 0.3) is 6.08 Å². The Balaban J connectivity index is 2.00. The number of aromatic nitrogens is 2. The van der Waals surface area contributed by atoms with E-state index in [0.717, 1.165) is 23.4 Å². The van der Waals surface area contributed by atoms with Crippen LogP contribution in [0.4, 0.5) is 5.13 Å². The smallest absolute Gasteiger partial charge is 0.250 e. The number of rotatable bonds is 7. The molecule has 1 amide bonds. The van der Waals surface area contributed by atoms with Gasteiger partial charge in [0.05, 0.1) is 14.2 Å². The third-order valence-electron chi connectivity index (χ3n) is 3.00. The van der Waals surface area contributed by atoms with Gasteiger partial charge in [-0.1, -0.05) is 24.3 Å². The topological polar surface area (TPSA) is 73.3 Å². The molecule has 0 atom stereocenters. The summed E-state index contributed by atoms with van der Waals surface area (Å²) in [6.07, 6.45) is 5.02. The van der Waals surface area contributed by atoms with E-state index in [4.69, 9.17) is 9.47 Å². The monoisotopic (exact) mass is 333 g/mol. The van der Waals surface area contributed by atoms with Crippen molar-refractivity contribution in [1.29, 1.82) is 0 Å². The molecule has 0 aliphatic rings. The van der Waals surface area contributed by atoms with Crippen LogP contribution in [0.2, 0.25) is 0 Å². The SMILES string of the molecule is CCCc1nnc(NC(=O)/C=C/c2ccc(OC)c(OC)c2)s1. The lowest BCUT2D eigenvalue weighted by Gasteiger charge is -2.07. The number of methoxy groups -OCH3 is 2. The van der Waals surface area contributed by atoms with Gasteiger partial charge in [0.2, 0.25) is 11.0 Å². The Bertz CT molecular complexity index is 698. The Morgan fingerprint density at radius 3 is 2.74 bits per heavy atom. The molecule has 1 N–H and O–H groups in total. The number of ether oxygens (including phenoxy) is 2. The van der Waals surface area contributed by atoms with E-state index >= 15 is 0 Å². The summed E-state index contributed by atoms with van der Waals surface area (Å²) in [5.74, 6) is 1.01. The minimum absolute atomic E-state index is 0.251. The lowest BCUT2D eigenvalue weighted by atomic mass is 10.2. The number of carbonyl (C=O) groups excluding carboxylic acids is 1. The number of amides is 1. The predicted octanol–water partition coefficient (Wildman–Crippen LogP) is 3.16. The second kappa shape index (κ2) is 8.28. The van der Waals surface area contributed by atoms with E-state index in [1.165, 1.54) is 17.4 Å². The van der Waals surface area contributed by atoms with Crippen molar-refractivity contribution >= 4 is 28.5 Å². The van der Waals surface area contributed by atoms with Crippen molar-refractivity contribution in [2.75, 3.05) is 19.5 Å². The van der Waals surface area contributed by atoms with Crippen LogP contribution in [-0.2, 0) is 11.2 Å². The van der Waals surface area contributed by atoms with E-state index in [1.807, 2.05) is 6.07 Å². The molecule has 0 fully saturated rings. The van der Waals surface area contributed by atoms with Gasteiger partial charge >= 0.3 is 0 Å². The van der Waals surface area contributed by atoms with Crippen LogP contribution < -0.4 is 14.8 Å². The first-order valence-electron chi connectivity index (χ1n) is 7.19. The van der Waals surface area contributed by atoms with E-state index in [9.17, 15) is 4.79 Å². The zero-order valence-corrected chi connectivity index (χ0v) is 14.1. The molecule has 6 nitrogen and oxygen atoms in total. The van der Waals surface area contributed by atoms with Crippen molar-refractivity contribution in [3.8, 4) is 11.5 Å². The van der Waals surface area contributed by atoms with E-state index in [2.05, 4.69) is 22.4 Å². The van der Waals surface area contributed by atoms with Crippen molar-refractivity contribution in [3.63, 3.8) is 0 Å². The first-order valence-corrected chi connectivity index (χ1v) is 8.01. The van der Waals surface area contributed by atoms with Crippen LogP contribution in [0.3, 0.4) is 0 Å². The summed E-state index contributed by atoms with van der Waals surface area (Å²) >= 11 is 1.39. The zero-order chi connectivity index (χ0) is 16.7. The van der Waals surface area contributed by atoms with Crippen LogP contribution >= 0.6 is 11.3 Å². The summed E-state index contributed by atoms with van der Waals surface area (Å²) in [4.78, 5) is 11.9. The molecule has 1 aromatic carbocycles. The molecule has 0 radical (unpaired) electrons. The van der Waals surface area contributed by atoms with E-state index in [-0.39, 0.29) is 5.91 Å². The van der Waals surface area contributed by atoms with Crippen molar-refractivity contribution < 1.29 is 14.3 Å². The number of nitrogens with one attached hydrogen (secondary N) is 1. The number of nitrogens with zero attached hydrogens (tertiary/aromatic N) is 2. The number of anilines is 1. The molecule has 0 spiro atoms. The second-order valence-electron chi connectivity index (χ2n) is 4.69. The fourth-order valence-electron chi connectivity index (χ4n) is 1.89. The molecule has 23 heavy (non-hydrogen) atoms. The van der Waals surface area contributed by atoms with Crippen molar-refractivity contribution in [3.05, 3.63) is 34.8 Å². The summed E-state index contributed by atoms with van der Waals surface area (Å²) < 4.78 is 10.4. The zero-order valence-electron chi connectivity index (χ0n) is 13.3. The molecular weight excluding hydrogens is 314 g/mol. The van der Waals surface area contributed by atoms with Gasteiger partial charge in [0.25, 0.3) is 0 Å². The number of hydrogen-bond donors (Lipinski definition) is 1. The number of carbonyl (C=O) groups is 1. The average Bonchev–Trinajstić information content (AvgIpc) is 3.00. The summed E-state index contributed by atoms with van der Waals surface area (Å²) in [6.45, 7) is 2.07. The molecule has 0 aliphatic carbocycles. The number of aryl methyl sites for hydroxylation is 1. The van der Waals surface area contributed by atoms with Gasteiger partial charge in [0.1, 0.15) is 5.01 Å². The van der Waals surface area contributed by atoms with Gasteiger partial charge in [0.15, 0.2) is 11.5 Å². The maximum atomic E-state index is 11.9. The highest BCUT2D eigenvalue weighted by molar-refractivity contribution is 7.15. The highest BCUT2D eigenvalue weighted by atomic mass is 32.1. The minimum Gasteiger partial charge on any atom is -0.493 e. The van der Waals surface area contributed by atoms with Gasteiger partial charge in [-0.2, -0.15) is 0 Å². The minimum atomic E-state index is -0.251. The van der Waals surface area contributed by atoms with Crippen molar-refractivity contribution in [1.82, 2.24) is 10.2 Å². The largest absolute Gasteiger partial charge is 0.493 e. The molecule has 122 valence electrons. The Morgan fingerprint density at radius 1 is 1.26 bits per heavy atom. The highest BCUT2D eigenvalue weighted by Gasteiger charge is 2.06. The maximum absolute atomic E-state index is 11.9. The van der Waals surface area contributed by atoms with Crippen LogP contribution in [-0.4, -0.2) is 30.3 Å². The van der Waals surface area contributed by atoms with Crippen molar-refractivity contribution in [2.24, 2.45) is 0 Å². The molecule has 0 aliphatic heterocycles. The number of hydrogen-bond acceptors (Lipinski definition) is 6. The Hall–Kier alpha value is -2.41. The lowest BCUT2D eigenvalue weighted by Crippen LogP contribution is -2.07. The van der Waals surface area contributed by atoms with E-state index in [0.29, 0.717) is 16.6 Å². The van der Waals surface area contributed by atoms with Crippen LogP contribution in [0.5, 0.6) is 11.5 Å². The summed E-state index contributed by atoms with van der Waals surface area (Å²) in [5.41, 5.74) is 0.835. The Labute approximate surface area is 139 Å². The molecule has 0 saturated carbocycles. The quantitative estimate of drug-likeness (QED) is 0.788. The lowest BCUT2D eigenvalue weighted by molar-refractivity contribution is -0.111. The van der Waals surface area contributed by atoms with Crippen LogP contribution in [0.1, 0.15) is 23.9 Å². The van der Waals surface area contributed by atoms with Gasteiger partial charge < -0.3 is 9.47 Å². The van der Waals surface area contributed by atoms with Crippen molar-refractivity contribution in [2.45, 2.75) is 19.8 Å². The molecule has 1 heterocycles. The molecule has 0 saturated heterocycles. The maximum Gasteiger partial charge on any atom is 0.250 e. The molecule has 0 unspecified atom stereocenters. The van der Waals surface area contributed by atoms with Crippen LogP contribution in [0, 0.1) is 0 Å². The molecule has 1 aromatic heterocycles. The summed E-state index contributed by atoms with van der Waals surface area (Å²) in [7, 11) is 3.15. The molecular formula is C16H19N3O3S. The standard InChI is InChI=1S/C16H19N3O3S/c1-4-5-15-18-19-16(23-15)17-14(20)9-7-11-6-8-12(21-2)13(10-11)22-3/h6-10H,4-5H2,1-3H3,(H,17,19,20)/b9-7+. The fraction of sp³-hybridized carbons (Fsp3) is 0.312. The second-order valence-corrected chi connectivity index (χ2v) is 5.75. The Morgan fingerprint density at radius 2 is 2.04 bits per heavy atom. The van der Waals surface area contributed by atoms with E-state index in [1.54, 1.807) is 32.4 Å². The normalized spacial score (nSPS) is 10.7. The molecule has 2 rings (SSSR count). The first kappa shape index (κ1) is 17.0. The molecule has 2 aromatic rings. The molecule has 7 heteroatoms. The summed E-state index contributed by atoms with van der Waals surface area (Å²) in [6, 6.07) is 5.43. The third-order valence-corrected chi connectivity index (χ3v) is 3.89. The number of benzene rings is 1. The van der Waals surface area contributed by atoms with Gasteiger partial charge in [-0.3, -0.25) is 10.1 Å². The van der Waals surface area contributed by atoms with Gasteiger partial charge in [-0.15, -0.1) is 10.2 Å². The fourth-order valence-corrected chi connectivity index (χ4v) is 2.74. The van der Waals surface area contributed by atoms with Gasteiger partial charge in [-0.05, 0) is 30.2 Å².